The lowest BCUT2D eigenvalue weighted by Gasteiger charge is -2.31. The van der Waals surface area contributed by atoms with Crippen molar-refractivity contribution >= 4 is 23.4 Å². The number of anilines is 2. The first-order valence-electron chi connectivity index (χ1n) is 9.68. The van der Waals surface area contributed by atoms with Gasteiger partial charge in [0.1, 0.15) is 6.26 Å². The number of nitrogens with zero attached hydrogens (tertiary/aromatic N) is 2. The van der Waals surface area contributed by atoms with Crippen LogP contribution in [-0.2, 0) is 9.59 Å². The van der Waals surface area contributed by atoms with Crippen LogP contribution < -0.4 is 4.90 Å². The van der Waals surface area contributed by atoms with Crippen molar-refractivity contribution in [1.82, 2.24) is 4.98 Å². The number of benzene rings is 1. The van der Waals surface area contributed by atoms with E-state index in [1.54, 1.807) is 11.2 Å². The topological polar surface area (TPSA) is 83.6 Å². The highest BCUT2D eigenvalue weighted by Gasteiger charge is 2.35. The van der Waals surface area contributed by atoms with Gasteiger partial charge in [-0.1, -0.05) is 24.6 Å². The molecule has 6 heteroatoms. The Balaban J connectivity index is 1.59. The van der Waals surface area contributed by atoms with Crippen LogP contribution in [0.2, 0.25) is 0 Å². The van der Waals surface area contributed by atoms with Gasteiger partial charge in [0.2, 0.25) is 5.91 Å². The van der Waals surface area contributed by atoms with E-state index in [0.717, 1.165) is 37.8 Å². The second-order valence-corrected chi connectivity index (χ2v) is 7.65. The molecule has 27 heavy (non-hydrogen) atoms. The third-order valence-corrected chi connectivity index (χ3v) is 5.50. The first kappa shape index (κ1) is 17.8. The first-order chi connectivity index (χ1) is 13.1. The molecule has 2 unspecified atom stereocenters. The Kier molecular flexibility index (Phi) is 4.97. The Morgan fingerprint density at radius 3 is 2.63 bits per heavy atom. The van der Waals surface area contributed by atoms with Gasteiger partial charge in [0.15, 0.2) is 11.7 Å². The van der Waals surface area contributed by atoms with Crippen molar-refractivity contribution in [2.24, 2.45) is 11.8 Å². The summed E-state index contributed by atoms with van der Waals surface area (Å²) in [5, 5.41) is 9.10. The Morgan fingerprint density at radius 2 is 1.93 bits per heavy atom. The monoisotopic (exact) mass is 368 g/mol. The van der Waals surface area contributed by atoms with Crippen LogP contribution in [0.25, 0.3) is 0 Å². The van der Waals surface area contributed by atoms with Gasteiger partial charge >= 0.3 is 5.97 Å². The quantitative estimate of drug-likeness (QED) is 0.812. The molecule has 2 aliphatic carbocycles. The van der Waals surface area contributed by atoms with Crippen LogP contribution in [0.15, 0.2) is 41.0 Å². The number of para-hydroxylation sites is 1. The number of carbonyl (C=O) groups excluding carboxylic acids is 1. The molecule has 0 bridgehead atoms. The predicted octanol–water partition coefficient (Wildman–Crippen LogP) is 4.50. The minimum absolute atomic E-state index is 0.0214. The van der Waals surface area contributed by atoms with Gasteiger partial charge in [0.25, 0.3) is 0 Å². The molecule has 1 amide bonds. The zero-order valence-electron chi connectivity index (χ0n) is 15.2. The minimum atomic E-state index is -0.793. The molecule has 142 valence electrons. The lowest BCUT2D eigenvalue weighted by Crippen LogP contribution is -2.35. The molecule has 2 fully saturated rings. The zero-order chi connectivity index (χ0) is 18.8. The summed E-state index contributed by atoms with van der Waals surface area (Å²) in [7, 11) is 0. The maximum Gasteiger partial charge on any atom is 0.303 e. The fraction of sp³-hybridized carbons (Fsp3) is 0.476. The third-order valence-electron chi connectivity index (χ3n) is 5.50. The predicted molar refractivity (Wildman–Crippen MR) is 99.8 cm³/mol. The maximum atomic E-state index is 13.4. The second kappa shape index (κ2) is 7.55. The molecular weight excluding hydrogens is 344 g/mol. The molecule has 0 aliphatic heterocycles. The summed E-state index contributed by atoms with van der Waals surface area (Å²) >= 11 is 0. The number of carboxylic acids is 1. The summed E-state index contributed by atoms with van der Waals surface area (Å²) in [5.74, 6) is 0.651. The van der Waals surface area contributed by atoms with Gasteiger partial charge in [0.05, 0.1) is 5.69 Å². The van der Waals surface area contributed by atoms with E-state index >= 15 is 0 Å². The normalized spacial score (nSPS) is 22.4. The number of hydrogen-bond acceptors (Lipinski definition) is 4. The molecule has 1 aromatic heterocycles. The molecule has 0 saturated heterocycles. The Labute approximate surface area is 158 Å². The van der Waals surface area contributed by atoms with Crippen molar-refractivity contribution in [1.29, 1.82) is 0 Å². The highest BCUT2D eigenvalue weighted by Crippen LogP contribution is 2.41. The van der Waals surface area contributed by atoms with Crippen molar-refractivity contribution in [3.05, 3.63) is 42.5 Å². The van der Waals surface area contributed by atoms with Crippen LogP contribution in [-0.4, -0.2) is 22.0 Å². The van der Waals surface area contributed by atoms with E-state index in [2.05, 4.69) is 4.98 Å². The summed E-state index contributed by atoms with van der Waals surface area (Å²) in [6.45, 7) is 0. The molecule has 6 nitrogen and oxygen atoms in total. The smallest absolute Gasteiger partial charge is 0.303 e. The van der Waals surface area contributed by atoms with Crippen molar-refractivity contribution in [3.63, 3.8) is 0 Å². The number of aliphatic carboxylic acids is 1. The van der Waals surface area contributed by atoms with Crippen molar-refractivity contribution in [2.75, 3.05) is 4.90 Å². The molecule has 2 atom stereocenters. The summed E-state index contributed by atoms with van der Waals surface area (Å²) in [4.78, 5) is 30.7. The lowest BCUT2D eigenvalue weighted by molar-refractivity contribution is -0.139. The summed E-state index contributed by atoms with van der Waals surface area (Å²) in [6, 6.07) is 9.48. The molecular formula is C21H24N2O4. The van der Waals surface area contributed by atoms with E-state index in [1.807, 2.05) is 30.3 Å². The SMILES string of the molecule is O=C(O)CC1CCCC(C(=O)N(c2ccccc2)c2coc(C3CC3)n2)C1. The van der Waals surface area contributed by atoms with Gasteiger partial charge < -0.3 is 9.52 Å². The number of hydrogen-bond donors (Lipinski definition) is 1. The number of amides is 1. The Morgan fingerprint density at radius 1 is 1.15 bits per heavy atom. The van der Waals surface area contributed by atoms with Gasteiger partial charge in [-0.15, -0.1) is 0 Å². The summed E-state index contributed by atoms with van der Waals surface area (Å²) in [6.07, 6.45) is 7.01. The van der Waals surface area contributed by atoms with Crippen molar-refractivity contribution in [3.8, 4) is 0 Å². The third kappa shape index (κ3) is 4.04. The molecule has 4 rings (SSSR count). The maximum absolute atomic E-state index is 13.4. The van der Waals surface area contributed by atoms with E-state index in [-0.39, 0.29) is 24.2 Å². The number of carbonyl (C=O) groups is 2. The van der Waals surface area contributed by atoms with E-state index in [0.29, 0.717) is 24.0 Å². The number of rotatable bonds is 6. The van der Waals surface area contributed by atoms with Crippen molar-refractivity contribution in [2.45, 2.75) is 50.9 Å². The highest BCUT2D eigenvalue weighted by atomic mass is 16.4. The average Bonchev–Trinajstić information content (AvgIpc) is 3.41. The number of oxazole rings is 1. The average molecular weight is 368 g/mol. The molecule has 0 radical (unpaired) electrons. The van der Waals surface area contributed by atoms with Gasteiger partial charge in [-0.2, -0.15) is 4.98 Å². The van der Waals surface area contributed by atoms with Gasteiger partial charge in [-0.25, -0.2) is 0 Å². The van der Waals surface area contributed by atoms with E-state index < -0.39 is 5.97 Å². The minimum Gasteiger partial charge on any atom is -0.481 e. The first-order valence-corrected chi connectivity index (χ1v) is 9.68. The van der Waals surface area contributed by atoms with E-state index in [9.17, 15) is 9.59 Å². The number of carboxylic acid groups (broad SMARTS) is 1. The van der Waals surface area contributed by atoms with Gasteiger partial charge in [0, 0.05) is 18.3 Å². The molecule has 1 aromatic carbocycles. The van der Waals surface area contributed by atoms with Crippen LogP contribution in [0.4, 0.5) is 11.5 Å². The summed E-state index contributed by atoms with van der Waals surface area (Å²) < 4.78 is 5.62. The van der Waals surface area contributed by atoms with Crippen LogP contribution in [0.5, 0.6) is 0 Å². The Bertz CT molecular complexity index is 813. The number of aromatic nitrogens is 1. The molecule has 2 aromatic rings. The fourth-order valence-corrected chi connectivity index (χ4v) is 3.98. The molecule has 2 saturated carbocycles. The van der Waals surface area contributed by atoms with Crippen LogP contribution in [0.3, 0.4) is 0 Å². The zero-order valence-corrected chi connectivity index (χ0v) is 15.2. The van der Waals surface area contributed by atoms with E-state index in [4.69, 9.17) is 9.52 Å². The second-order valence-electron chi connectivity index (χ2n) is 7.65. The largest absolute Gasteiger partial charge is 0.481 e. The molecule has 1 heterocycles. The lowest BCUT2D eigenvalue weighted by atomic mass is 9.79. The van der Waals surface area contributed by atoms with Crippen LogP contribution in [0.1, 0.15) is 56.8 Å². The van der Waals surface area contributed by atoms with Gasteiger partial charge in [-0.3, -0.25) is 14.5 Å². The van der Waals surface area contributed by atoms with Crippen LogP contribution in [0, 0.1) is 11.8 Å². The molecule has 2 aliphatic rings. The highest BCUT2D eigenvalue weighted by molar-refractivity contribution is 6.00. The van der Waals surface area contributed by atoms with Crippen LogP contribution >= 0.6 is 0 Å². The molecule has 0 spiro atoms. The van der Waals surface area contributed by atoms with Crippen molar-refractivity contribution < 1.29 is 19.1 Å². The van der Waals surface area contributed by atoms with E-state index in [1.165, 1.54) is 0 Å². The fourth-order valence-electron chi connectivity index (χ4n) is 3.98. The Hall–Kier alpha value is -2.63. The standard InChI is InChI=1S/C21H24N2O4/c24-19(25)12-14-5-4-6-16(11-14)21(26)23(17-7-2-1-3-8-17)18-13-27-20(22-18)15-9-10-15/h1-3,7-8,13-16H,4-6,9-12H2,(H,24,25). The summed E-state index contributed by atoms with van der Waals surface area (Å²) in [5.41, 5.74) is 0.763. The molecule has 1 N–H and O–H groups in total. The van der Waals surface area contributed by atoms with Gasteiger partial charge in [-0.05, 0) is 50.2 Å².